The lowest BCUT2D eigenvalue weighted by Gasteiger charge is -2.23. The van der Waals surface area contributed by atoms with Gasteiger partial charge in [0, 0.05) is 46.5 Å². The van der Waals surface area contributed by atoms with Crippen molar-refractivity contribution in [1.82, 2.24) is 19.8 Å². The average Bonchev–Trinajstić information content (AvgIpc) is 3.29. The van der Waals surface area contributed by atoms with E-state index < -0.39 is 22.5 Å². The maximum absolute atomic E-state index is 13.4. The number of rotatable bonds is 10. The number of amides is 1. The van der Waals surface area contributed by atoms with Crippen molar-refractivity contribution in [2.24, 2.45) is 0 Å². The minimum Gasteiger partial charge on any atom is -0.480 e. The number of hydrogen-bond acceptors (Lipinski definition) is 6. The first-order valence-corrected chi connectivity index (χ1v) is 13.9. The van der Waals surface area contributed by atoms with Crippen LogP contribution in [0.3, 0.4) is 0 Å². The number of hydrogen-bond donors (Lipinski definition) is 2. The molecule has 0 spiro atoms. The van der Waals surface area contributed by atoms with Crippen LogP contribution in [-0.2, 0) is 14.8 Å². The second kappa shape index (κ2) is 12.9. The fraction of sp³-hybridized carbons (Fsp3) is 0.192. The number of aromatic nitrogens is 2. The Morgan fingerprint density at radius 2 is 1.73 bits per heavy atom. The molecule has 40 heavy (non-hydrogen) atoms. The van der Waals surface area contributed by atoms with Crippen molar-refractivity contribution in [2.75, 3.05) is 38.0 Å². The fourth-order valence-electron chi connectivity index (χ4n) is 3.91. The monoisotopic (exact) mass is 625 g/mol. The average molecular weight is 627 g/mol. The molecule has 0 radical (unpaired) electrons. The number of nitrogens with zero attached hydrogens (tertiary/aromatic N) is 4. The van der Waals surface area contributed by atoms with E-state index in [-0.39, 0.29) is 38.9 Å². The molecule has 2 aromatic heterocycles. The Labute approximate surface area is 247 Å². The van der Waals surface area contributed by atoms with Gasteiger partial charge in [-0.1, -0.05) is 23.2 Å². The summed E-state index contributed by atoms with van der Waals surface area (Å²) in [5, 5.41) is 13.2. The van der Waals surface area contributed by atoms with Gasteiger partial charge in [-0.2, -0.15) is 0 Å². The van der Waals surface area contributed by atoms with Gasteiger partial charge in [0.1, 0.15) is 12.4 Å². The van der Waals surface area contributed by atoms with E-state index in [2.05, 4.69) is 10.3 Å². The number of sulfonamides is 1. The van der Waals surface area contributed by atoms with Gasteiger partial charge < -0.3 is 19.9 Å². The van der Waals surface area contributed by atoms with Crippen LogP contribution in [0.1, 0.15) is 10.4 Å². The van der Waals surface area contributed by atoms with E-state index in [0.29, 0.717) is 35.4 Å². The maximum atomic E-state index is 13.4. The summed E-state index contributed by atoms with van der Waals surface area (Å²) in [6, 6.07) is 13.5. The van der Waals surface area contributed by atoms with E-state index in [4.69, 9.17) is 23.2 Å². The highest BCUT2D eigenvalue weighted by Crippen LogP contribution is 2.31. The minimum atomic E-state index is -4.32. The van der Waals surface area contributed by atoms with Crippen LogP contribution in [0.25, 0.3) is 16.7 Å². The van der Waals surface area contributed by atoms with Gasteiger partial charge in [-0.15, -0.1) is 12.4 Å². The largest absolute Gasteiger partial charge is 0.480 e. The van der Waals surface area contributed by atoms with Crippen LogP contribution in [0.15, 0.2) is 71.9 Å². The lowest BCUT2D eigenvalue weighted by molar-refractivity contribution is -0.135. The number of nitrogens with one attached hydrogen (secondary N) is 1. The predicted octanol–water partition coefficient (Wildman–Crippen LogP) is 4.33. The van der Waals surface area contributed by atoms with Crippen LogP contribution in [-0.4, -0.2) is 73.6 Å². The molecule has 0 saturated carbocycles. The lowest BCUT2D eigenvalue weighted by atomic mass is 10.2. The maximum Gasteiger partial charge on any atom is 0.324 e. The Bertz CT molecular complexity index is 1640. The highest BCUT2D eigenvalue weighted by atomic mass is 35.5. The standard InChI is InChI=1S/C26H25Cl2N5O5S.ClH/c1-31(2)10-8-30-26(36)18-5-7-29-24(12-18)32-9-6-17-11-21(3-4-23(17)32)33(16-25(34)35)39(37,38)22-14-19(27)13-20(28)15-22;/h3-7,9,11-15H,8,10,16H2,1-2H3,(H,30,36)(H,34,35);1H. The van der Waals surface area contributed by atoms with Crippen LogP contribution in [0.2, 0.25) is 10.0 Å². The molecule has 4 aromatic rings. The van der Waals surface area contributed by atoms with Crippen molar-refractivity contribution in [2.45, 2.75) is 4.90 Å². The van der Waals surface area contributed by atoms with Crippen LogP contribution in [0.5, 0.6) is 0 Å². The zero-order valence-electron chi connectivity index (χ0n) is 21.4. The molecule has 212 valence electrons. The third kappa shape index (κ3) is 7.04. The highest BCUT2D eigenvalue weighted by Gasteiger charge is 2.28. The van der Waals surface area contributed by atoms with Crippen LogP contribution < -0.4 is 9.62 Å². The van der Waals surface area contributed by atoms with E-state index in [9.17, 15) is 23.1 Å². The van der Waals surface area contributed by atoms with Crippen molar-refractivity contribution in [3.8, 4) is 5.82 Å². The molecule has 0 unspecified atom stereocenters. The van der Waals surface area contributed by atoms with Crippen molar-refractivity contribution >= 4 is 74.1 Å². The number of carbonyl (C=O) groups excluding carboxylic acids is 1. The number of benzene rings is 2. The lowest BCUT2D eigenvalue weighted by Crippen LogP contribution is -2.35. The summed E-state index contributed by atoms with van der Waals surface area (Å²) in [7, 11) is -0.481. The number of carboxylic acids is 1. The summed E-state index contributed by atoms with van der Waals surface area (Å²) in [6.07, 6.45) is 3.27. The first-order chi connectivity index (χ1) is 18.5. The molecular weight excluding hydrogens is 601 g/mol. The molecule has 0 aliphatic heterocycles. The van der Waals surface area contributed by atoms with Gasteiger partial charge in [-0.25, -0.2) is 13.4 Å². The summed E-state index contributed by atoms with van der Waals surface area (Å²) in [6.45, 7) is 0.383. The quantitative estimate of drug-likeness (QED) is 0.269. The summed E-state index contributed by atoms with van der Waals surface area (Å²) >= 11 is 12.0. The van der Waals surface area contributed by atoms with Crippen molar-refractivity contribution < 1.29 is 23.1 Å². The molecule has 14 heteroatoms. The van der Waals surface area contributed by atoms with Gasteiger partial charge in [0.15, 0.2) is 0 Å². The number of fused-ring (bicyclic) bond motifs is 1. The number of aliphatic carboxylic acids is 1. The molecule has 2 N–H and O–H groups in total. The molecule has 0 bridgehead atoms. The van der Waals surface area contributed by atoms with Gasteiger partial charge in [0.05, 0.1) is 16.1 Å². The number of anilines is 1. The molecule has 0 aliphatic carbocycles. The van der Waals surface area contributed by atoms with E-state index >= 15 is 0 Å². The molecule has 1 amide bonds. The van der Waals surface area contributed by atoms with Gasteiger partial charge in [-0.3, -0.25) is 13.9 Å². The number of halogens is 3. The number of carbonyl (C=O) groups is 2. The summed E-state index contributed by atoms with van der Waals surface area (Å²) < 4.78 is 29.4. The Morgan fingerprint density at radius 3 is 2.38 bits per heavy atom. The van der Waals surface area contributed by atoms with Crippen LogP contribution in [0, 0.1) is 0 Å². The Hall–Kier alpha value is -3.35. The Kier molecular flexibility index (Phi) is 10.0. The van der Waals surface area contributed by atoms with E-state index in [1.807, 2.05) is 19.0 Å². The molecule has 2 heterocycles. The van der Waals surface area contributed by atoms with Gasteiger partial charge in [-0.05, 0) is 68.7 Å². The summed E-state index contributed by atoms with van der Waals surface area (Å²) in [4.78, 5) is 30.3. The summed E-state index contributed by atoms with van der Waals surface area (Å²) in [5.41, 5.74) is 1.26. The Balaban J connectivity index is 0.00000441. The molecule has 10 nitrogen and oxygen atoms in total. The van der Waals surface area contributed by atoms with Gasteiger partial charge in [0.25, 0.3) is 15.9 Å². The first kappa shape index (κ1) is 31.2. The van der Waals surface area contributed by atoms with Crippen LogP contribution in [0.4, 0.5) is 5.69 Å². The second-order valence-electron chi connectivity index (χ2n) is 8.90. The number of pyridine rings is 1. The van der Waals surface area contributed by atoms with E-state index in [1.54, 1.807) is 41.1 Å². The summed E-state index contributed by atoms with van der Waals surface area (Å²) in [5.74, 6) is -1.08. The van der Waals surface area contributed by atoms with Crippen molar-refractivity contribution in [1.29, 1.82) is 0 Å². The molecular formula is C26H26Cl3N5O5S. The van der Waals surface area contributed by atoms with Gasteiger partial charge >= 0.3 is 5.97 Å². The third-order valence-electron chi connectivity index (χ3n) is 5.76. The highest BCUT2D eigenvalue weighted by molar-refractivity contribution is 7.92. The topological polar surface area (TPSA) is 125 Å². The smallest absolute Gasteiger partial charge is 0.324 e. The molecule has 2 aromatic carbocycles. The molecule has 0 atom stereocenters. The normalized spacial score (nSPS) is 11.3. The zero-order valence-corrected chi connectivity index (χ0v) is 24.6. The van der Waals surface area contributed by atoms with Crippen molar-refractivity contribution in [3.05, 3.63) is 82.6 Å². The van der Waals surface area contributed by atoms with Crippen LogP contribution >= 0.6 is 35.6 Å². The van der Waals surface area contributed by atoms with E-state index in [0.717, 1.165) is 4.31 Å². The second-order valence-corrected chi connectivity index (χ2v) is 11.6. The SMILES string of the molecule is CN(C)CCNC(=O)c1ccnc(-n2ccc3cc(N(CC(=O)O)S(=O)(=O)c4cc(Cl)cc(Cl)c4)ccc32)c1.Cl. The van der Waals surface area contributed by atoms with Gasteiger partial charge in [0.2, 0.25) is 0 Å². The van der Waals surface area contributed by atoms with E-state index in [1.165, 1.54) is 30.5 Å². The number of carboxylic acid groups (broad SMARTS) is 1. The molecule has 0 fully saturated rings. The first-order valence-electron chi connectivity index (χ1n) is 11.7. The predicted molar refractivity (Wildman–Crippen MR) is 158 cm³/mol. The minimum absolute atomic E-state index is 0. The van der Waals surface area contributed by atoms with Crippen molar-refractivity contribution in [3.63, 3.8) is 0 Å². The third-order valence-corrected chi connectivity index (χ3v) is 7.95. The molecule has 4 rings (SSSR count). The fourth-order valence-corrected chi connectivity index (χ4v) is 6.05. The molecule has 0 saturated heterocycles. The Morgan fingerprint density at radius 1 is 1.02 bits per heavy atom. The number of likely N-dealkylation sites (N-methyl/N-ethyl adjacent to an activating group) is 1. The zero-order chi connectivity index (χ0) is 28.3. The molecule has 0 aliphatic rings.